The Bertz CT molecular complexity index is 733. The van der Waals surface area contributed by atoms with Crippen molar-refractivity contribution in [1.82, 2.24) is 5.32 Å². The molecule has 0 aliphatic carbocycles. The first-order chi connectivity index (χ1) is 12.0. The summed E-state index contributed by atoms with van der Waals surface area (Å²) in [5, 5.41) is 13.5. The molecule has 5 nitrogen and oxygen atoms in total. The summed E-state index contributed by atoms with van der Waals surface area (Å²) in [7, 11) is 0. The van der Waals surface area contributed by atoms with Crippen LogP contribution in [0.25, 0.3) is 0 Å². The number of benzene rings is 2. The van der Waals surface area contributed by atoms with Crippen LogP contribution < -0.4 is 14.8 Å². The van der Waals surface area contributed by atoms with Crippen LogP contribution in [0.2, 0.25) is 0 Å². The predicted octanol–water partition coefficient (Wildman–Crippen LogP) is 2.92. The van der Waals surface area contributed by atoms with E-state index < -0.39 is 5.60 Å². The number of aliphatic hydroxyl groups is 1. The molecule has 2 aromatic carbocycles. The highest BCUT2D eigenvalue weighted by atomic mass is 32.2. The van der Waals surface area contributed by atoms with E-state index in [9.17, 15) is 9.90 Å². The zero-order valence-corrected chi connectivity index (χ0v) is 14.8. The van der Waals surface area contributed by atoms with Crippen molar-refractivity contribution in [3.63, 3.8) is 0 Å². The van der Waals surface area contributed by atoms with E-state index in [0.29, 0.717) is 29.2 Å². The Morgan fingerprint density at radius 3 is 2.76 bits per heavy atom. The lowest BCUT2D eigenvalue weighted by Gasteiger charge is -2.24. The van der Waals surface area contributed by atoms with Crippen molar-refractivity contribution in [2.45, 2.75) is 23.8 Å². The summed E-state index contributed by atoms with van der Waals surface area (Å²) in [6.45, 7) is 2.00. The number of hydrogen-bond acceptors (Lipinski definition) is 5. The SMILES string of the molecule is CC(O)(CNC(=O)CCSc1ccccc1)c1ccc2c(c1)OCO2. The van der Waals surface area contributed by atoms with Gasteiger partial charge in [0.25, 0.3) is 0 Å². The van der Waals surface area contributed by atoms with E-state index in [1.54, 1.807) is 36.9 Å². The minimum absolute atomic E-state index is 0.0792. The molecule has 1 aliphatic heterocycles. The van der Waals surface area contributed by atoms with Gasteiger partial charge in [0.05, 0.1) is 6.54 Å². The van der Waals surface area contributed by atoms with E-state index >= 15 is 0 Å². The van der Waals surface area contributed by atoms with Gasteiger partial charge in [-0.1, -0.05) is 24.3 Å². The highest BCUT2D eigenvalue weighted by Gasteiger charge is 2.26. The maximum atomic E-state index is 12.0. The van der Waals surface area contributed by atoms with Crippen molar-refractivity contribution < 1.29 is 19.4 Å². The molecular weight excluding hydrogens is 338 g/mol. The Hall–Kier alpha value is -2.18. The second-order valence-corrected chi connectivity index (χ2v) is 7.20. The van der Waals surface area contributed by atoms with Crippen molar-refractivity contribution in [1.29, 1.82) is 0 Å². The third kappa shape index (κ3) is 4.67. The average molecular weight is 359 g/mol. The van der Waals surface area contributed by atoms with Crippen molar-refractivity contribution in [3.05, 3.63) is 54.1 Å². The van der Waals surface area contributed by atoms with E-state index in [1.165, 1.54) is 0 Å². The first-order valence-electron chi connectivity index (χ1n) is 8.12. The smallest absolute Gasteiger partial charge is 0.231 e. The normalized spacial score (nSPS) is 14.8. The molecule has 6 heteroatoms. The molecule has 2 aromatic rings. The molecular formula is C19H21NO4S. The first-order valence-corrected chi connectivity index (χ1v) is 9.10. The molecule has 1 unspecified atom stereocenters. The van der Waals surface area contributed by atoms with Gasteiger partial charge in [-0.3, -0.25) is 4.79 Å². The highest BCUT2D eigenvalue weighted by molar-refractivity contribution is 7.99. The predicted molar refractivity (Wildman–Crippen MR) is 96.9 cm³/mol. The third-order valence-corrected chi connectivity index (χ3v) is 4.98. The van der Waals surface area contributed by atoms with Crippen molar-refractivity contribution in [3.8, 4) is 11.5 Å². The third-order valence-electron chi connectivity index (χ3n) is 3.97. The molecule has 132 valence electrons. The largest absolute Gasteiger partial charge is 0.454 e. The molecule has 0 saturated heterocycles. The minimum Gasteiger partial charge on any atom is -0.454 e. The number of fused-ring (bicyclic) bond motifs is 1. The number of ether oxygens (including phenoxy) is 2. The molecule has 0 fully saturated rings. The fraction of sp³-hybridized carbons (Fsp3) is 0.316. The van der Waals surface area contributed by atoms with Gasteiger partial charge in [0.1, 0.15) is 5.60 Å². The molecule has 0 saturated carbocycles. The average Bonchev–Trinajstić information content (AvgIpc) is 3.09. The van der Waals surface area contributed by atoms with Crippen LogP contribution in [0, 0.1) is 0 Å². The summed E-state index contributed by atoms with van der Waals surface area (Å²) in [4.78, 5) is 13.2. The molecule has 0 radical (unpaired) electrons. The van der Waals surface area contributed by atoms with Gasteiger partial charge < -0.3 is 19.9 Å². The van der Waals surface area contributed by atoms with Crippen molar-refractivity contribution in [2.24, 2.45) is 0 Å². The van der Waals surface area contributed by atoms with Gasteiger partial charge in [-0.25, -0.2) is 0 Å². The molecule has 1 amide bonds. The van der Waals surface area contributed by atoms with Crippen LogP contribution in [-0.2, 0) is 10.4 Å². The molecule has 3 rings (SSSR count). The van der Waals surface area contributed by atoms with E-state index in [2.05, 4.69) is 5.32 Å². The number of nitrogens with one attached hydrogen (secondary N) is 1. The van der Waals surface area contributed by atoms with E-state index in [4.69, 9.17) is 9.47 Å². The summed E-state index contributed by atoms with van der Waals surface area (Å²) in [5.74, 6) is 1.90. The van der Waals surface area contributed by atoms with E-state index in [0.717, 1.165) is 4.90 Å². The first kappa shape index (κ1) is 17.6. The highest BCUT2D eigenvalue weighted by Crippen LogP contribution is 2.35. The van der Waals surface area contributed by atoms with E-state index in [1.807, 2.05) is 30.3 Å². The van der Waals surface area contributed by atoms with Crippen LogP contribution in [0.1, 0.15) is 18.9 Å². The van der Waals surface area contributed by atoms with Crippen LogP contribution in [-0.4, -0.2) is 30.1 Å². The van der Waals surface area contributed by atoms with Crippen LogP contribution in [0.3, 0.4) is 0 Å². The Balaban J connectivity index is 1.47. The van der Waals surface area contributed by atoms with Gasteiger partial charge in [0.15, 0.2) is 11.5 Å². The Kier molecular flexibility index (Phi) is 5.50. The van der Waals surface area contributed by atoms with Gasteiger partial charge >= 0.3 is 0 Å². The second kappa shape index (κ2) is 7.80. The summed E-state index contributed by atoms with van der Waals surface area (Å²) in [5.41, 5.74) is -0.501. The monoisotopic (exact) mass is 359 g/mol. The van der Waals surface area contributed by atoms with E-state index in [-0.39, 0.29) is 19.2 Å². The molecule has 1 heterocycles. The van der Waals surface area contributed by atoms with Gasteiger partial charge in [-0.15, -0.1) is 11.8 Å². The Morgan fingerprint density at radius 1 is 1.20 bits per heavy atom. The van der Waals surface area contributed by atoms with Gasteiger partial charge in [-0.2, -0.15) is 0 Å². The molecule has 0 aromatic heterocycles. The maximum absolute atomic E-state index is 12.0. The number of thioether (sulfide) groups is 1. The van der Waals surface area contributed by atoms with Crippen LogP contribution in [0.5, 0.6) is 11.5 Å². The minimum atomic E-state index is -1.18. The van der Waals surface area contributed by atoms with Gasteiger partial charge in [-0.05, 0) is 36.8 Å². The topological polar surface area (TPSA) is 67.8 Å². The Morgan fingerprint density at radius 2 is 1.96 bits per heavy atom. The molecule has 1 aliphatic rings. The number of carbonyl (C=O) groups excluding carboxylic acids is 1. The standard InChI is InChI=1S/C19H21NO4S/c1-19(22,14-7-8-16-17(11-14)24-13-23-16)12-20-18(21)9-10-25-15-5-3-2-4-6-15/h2-8,11,22H,9-10,12-13H2,1H3,(H,20,21). The Labute approximate surface area is 151 Å². The van der Waals surface area contributed by atoms with Gasteiger partial charge in [0.2, 0.25) is 12.7 Å². The van der Waals surface area contributed by atoms with Crippen molar-refractivity contribution >= 4 is 17.7 Å². The van der Waals surface area contributed by atoms with Crippen LogP contribution in [0.15, 0.2) is 53.4 Å². The second-order valence-electron chi connectivity index (χ2n) is 6.03. The summed E-state index contributed by atoms with van der Waals surface area (Å²) in [6.07, 6.45) is 0.400. The lowest BCUT2D eigenvalue weighted by atomic mass is 9.95. The molecule has 2 N–H and O–H groups in total. The summed E-state index contributed by atoms with van der Waals surface area (Å²) >= 11 is 1.64. The lowest BCUT2D eigenvalue weighted by Crippen LogP contribution is -2.38. The molecule has 0 spiro atoms. The quantitative estimate of drug-likeness (QED) is 0.744. The van der Waals surface area contributed by atoms with Crippen molar-refractivity contribution in [2.75, 3.05) is 19.1 Å². The van der Waals surface area contributed by atoms with Crippen LogP contribution in [0.4, 0.5) is 0 Å². The zero-order valence-electron chi connectivity index (χ0n) is 14.0. The zero-order chi connectivity index (χ0) is 17.7. The number of amides is 1. The summed E-state index contributed by atoms with van der Waals surface area (Å²) in [6, 6.07) is 15.3. The van der Waals surface area contributed by atoms with Gasteiger partial charge in [0, 0.05) is 17.1 Å². The fourth-order valence-corrected chi connectivity index (χ4v) is 3.34. The fourth-order valence-electron chi connectivity index (χ4n) is 2.47. The van der Waals surface area contributed by atoms with Crippen LogP contribution >= 0.6 is 11.8 Å². The molecule has 1 atom stereocenters. The number of carbonyl (C=O) groups is 1. The molecule has 25 heavy (non-hydrogen) atoms. The number of rotatable bonds is 7. The lowest BCUT2D eigenvalue weighted by molar-refractivity contribution is -0.121. The maximum Gasteiger partial charge on any atom is 0.231 e. The summed E-state index contributed by atoms with van der Waals surface area (Å²) < 4.78 is 10.6. The molecule has 0 bridgehead atoms. The number of hydrogen-bond donors (Lipinski definition) is 2.